The molecule has 1 aromatic heterocycles. The lowest BCUT2D eigenvalue weighted by atomic mass is 10.0. The fourth-order valence-electron chi connectivity index (χ4n) is 4.90. The third-order valence-electron chi connectivity index (χ3n) is 6.31. The van der Waals surface area contributed by atoms with Crippen molar-refractivity contribution in [3.63, 3.8) is 0 Å². The number of fused-ring (bicyclic) bond motifs is 3. The number of anilines is 1. The molecule has 0 unspecified atom stereocenters. The second-order valence-corrected chi connectivity index (χ2v) is 9.00. The maximum Gasteiger partial charge on any atom is 0.223 e. The summed E-state index contributed by atoms with van der Waals surface area (Å²) in [6.45, 7) is 3.84. The van der Waals surface area contributed by atoms with Crippen molar-refractivity contribution in [2.45, 2.75) is 63.6 Å². The van der Waals surface area contributed by atoms with Crippen LogP contribution in [0.2, 0.25) is 0 Å². The van der Waals surface area contributed by atoms with E-state index in [1.54, 1.807) is 0 Å². The van der Waals surface area contributed by atoms with Gasteiger partial charge in [0.1, 0.15) is 0 Å². The summed E-state index contributed by atoms with van der Waals surface area (Å²) in [5, 5.41) is 4.75. The summed E-state index contributed by atoms with van der Waals surface area (Å²) in [6.07, 6.45) is 8.09. The highest BCUT2D eigenvalue weighted by molar-refractivity contribution is 7.15. The number of hydrogen-bond acceptors (Lipinski definition) is 5. The van der Waals surface area contributed by atoms with E-state index in [0.29, 0.717) is 23.9 Å². The largest absolute Gasteiger partial charge is 0.342 e. The van der Waals surface area contributed by atoms with Gasteiger partial charge in [-0.05, 0) is 25.2 Å². The van der Waals surface area contributed by atoms with Gasteiger partial charge in [-0.1, -0.05) is 24.2 Å². The van der Waals surface area contributed by atoms with Crippen LogP contribution in [0, 0.1) is 5.92 Å². The smallest absolute Gasteiger partial charge is 0.223 e. The average molecular weight is 347 g/mol. The van der Waals surface area contributed by atoms with Crippen LogP contribution in [0.25, 0.3) is 0 Å². The van der Waals surface area contributed by atoms with Crippen LogP contribution in [0.4, 0.5) is 5.13 Å². The molecule has 6 heteroatoms. The number of aromatic nitrogens is 1. The van der Waals surface area contributed by atoms with Crippen molar-refractivity contribution >= 4 is 22.4 Å². The van der Waals surface area contributed by atoms with E-state index in [2.05, 4.69) is 15.1 Å². The lowest BCUT2D eigenvalue weighted by Crippen LogP contribution is -2.43. The van der Waals surface area contributed by atoms with Crippen LogP contribution >= 0.6 is 11.3 Å². The summed E-state index contributed by atoms with van der Waals surface area (Å²) in [6, 6.07) is 1.28. The molecule has 1 N–H and O–H groups in total. The predicted molar refractivity (Wildman–Crippen MR) is 95.4 cm³/mol. The number of carbonyl (C=O) groups is 1. The van der Waals surface area contributed by atoms with Gasteiger partial charge in [0.15, 0.2) is 5.13 Å². The molecule has 2 atom stereocenters. The quantitative estimate of drug-likeness (QED) is 0.911. The Labute approximate surface area is 147 Å². The highest BCUT2D eigenvalue weighted by Gasteiger charge is 2.39. The number of amides is 1. The van der Waals surface area contributed by atoms with Crippen LogP contribution in [-0.4, -0.2) is 47.5 Å². The first-order valence-corrected chi connectivity index (χ1v) is 10.3. The van der Waals surface area contributed by atoms with Crippen LogP contribution in [0.1, 0.15) is 49.1 Å². The van der Waals surface area contributed by atoms with Gasteiger partial charge in [0.2, 0.25) is 5.91 Å². The molecule has 4 aliphatic rings. The first-order valence-electron chi connectivity index (χ1n) is 9.52. The van der Waals surface area contributed by atoms with Gasteiger partial charge >= 0.3 is 0 Å². The molecule has 24 heavy (non-hydrogen) atoms. The van der Waals surface area contributed by atoms with Gasteiger partial charge in [-0.3, -0.25) is 4.79 Å². The molecule has 0 radical (unpaired) electrons. The number of hydrogen-bond donors (Lipinski definition) is 1. The van der Waals surface area contributed by atoms with E-state index in [1.807, 2.05) is 11.3 Å². The number of nitrogens with zero attached hydrogens (tertiary/aromatic N) is 3. The van der Waals surface area contributed by atoms with Crippen molar-refractivity contribution in [2.75, 3.05) is 24.5 Å². The molecule has 5 rings (SSSR count). The summed E-state index contributed by atoms with van der Waals surface area (Å²) in [5.41, 5.74) is 1.25. The van der Waals surface area contributed by atoms with E-state index >= 15 is 0 Å². The summed E-state index contributed by atoms with van der Waals surface area (Å²) in [7, 11) is 0. The molecule has 4 heterocycles. The number of rotatable bonds is 3. The standard InChI is InChI=1S/C18H26N4OS/c23-17(7-12-3-1-2-4-12)21-6-5-15-16(11-21)24-18(20-15)22-10-13-8-14(22)9-19-13/h12-14,19H,1-11H2/t13-,14-/m1/s1. The third kappa shape index (κ3) is 2.64. The summed E-state index contributed by atoms with van der Waals surface area (Å²) in [4.78, 5) is 23.5. The maximum atomic E-state index is 12.6. The van der Waals surface area contributed by atoms with Crippen molar-refractivity contribution in [1.82, 2.24) is 15.2 Å². The molecule has 0 spiro atoms. The molecule has 1 amide bonds. The Hall–Kier alpha value is -1.14. The first-order chi connectivity index (χ1) is 11.8. The van der Waals surface area contributed by atoms with Gasteiger partial charge in [0.25, 0.3) is 0 Å². The number of nitrogens with one attached hydrogen (secondary N) is 1. The zero-order chi connectivity index (χ0) is 16.1. The molecule has 1 saturated carbocycles. The van der Waals surface area contributed by atoms with E-state index in [0.717, 1.165) is 39.0 Å². The van der Waals surface area contributed by atoms with E-state index in [4.69, 9.17) is 4.98 Å². The minimum atomic E-state index is 0.368. The Morgan fingerprint density at radius 2 is 2.21 bits per heavy atom. The monoisotopic (exact) mass is 346 g/mol. The lowest BCUT2D eigenvalue weighted by molar-refractivity contribution is -0.133. The maximum absolute atomic E-state index is 12.6. The number of carbonyl (C=O) groups excluding carboxylic acids is 1. The fraction of sp³-hybridized carbons (Fsp3) is 0.778. The number of piperazine rings is 1. The Kier molecular flexibility index (Phi) is 3.78. The van der Waals surface area contributed by atoms with Crippen molar-refractivity contribution < 1.29 is 4.79 Å². The van der Waals surface area contributed by atoms with Crippen LogP contribution < -0.4 is 10.2 Å². The van der Waals surface area contributed by atoms with Crippen LogP contribution in [0.3, 0.4) is 0 Å². The first kappa shape index (κ1) is 15.1. The summed E-state index contributed by atoms with van der Waals surface area (Å²) >= 11 is 1.83. The third-order valence-corrected chi connectivity index (χ3v) is 7.43. The van der Waals surface area contributed by atoms with Crippen molar-refractivity contribution in [3.8, 4) is 0 Å². The van der Waals surface area contributed by atoms with Crippen molar-refractivity contribution in [3.05, 3.63) is 10.6 Å². The van der Waals surface area contributed by atoms with E-state index in [9.17, 15) is 4.79 Å². The molecule has 3 aliphatic heterocycles. The molecule has 5 nitrogen and oxygen atoms in total. The zero-order valence-corrected chi connectivity index (χ0v) is 15.0. The Morgan fingerprint density at radius 1 is 1.33 bits per heavy atom. The molecule has 2 saturated heterocycles. The van der Waals surface area contributed by atoms with Gasteiger partial charge in [0.05, 0.1) is 12.2 Å². The molecular formula is C18H26N4OS. The number of thiazole rings is 1. The highest BCUT2D eigenvalue weighted by Crippen LogP contribution is 2.36. The molecule has 0 aromatic carbocycles. The summed E-state index contributed by atoms with van der Waals surface area (Å²) < 4.78 is 0. The molecule has 3 fully saturated rings. The summed E-state index contributed by atoms with van der Waals surface area (Å²) in [5.74, 6) is 1.01. The topological polar surface area (TPSA) is 48.5 Å². The van der Waals surface area contributed by atoms with Crippen LogP contribution in [0.15, 0.2) is 0 Å². The minimum Gasteiger partial charge on any atom is -0.342 e. The van der Waals surface area contributed by atoms with Gasteiger partial charge in [-0.25, -0.2) is 4.98 Å². The Balaban J connectivity index is 1.26. The minimum absolute atomic E-state index is 0.368. The fourth-order valence-corrected chi connectivity index (χ4v) is 6.11. The average Bonchev–Trinajstić information content (AvgIpc) is 3.36. The molecular weight excluding hydrogens is 320 g/mol. The van der Waals surface area contributed by atoms with Gasteiger partial charge in [0, 0.05) is 49.4 Å². The Bertz CT molecular complexity index is 639. The molecule has 130 valence electrons. The normalized spacial score (nSPS) is 29.5. The van der Waals surface area contributed by atoms with Crippen molar-refractivity contribution in [1.29, 1.82) is 0 Å². The highest BCUT2D eigenvalue weighted by atomic mass is 32.1. The predicted octanol–water partition coefficient (Wildman–Crippen LogP) is 2.16. The van der Waals surface area contributed by atoms with E-state index in [-0.39, 0.29) is 0 Å². The van der Waals surface area contributed by atoms with Gasteiger partial charge < -0.3 is 15.1 Å². The lowest BCUT2D eigenvalue weighted by Gasteiger charge is -2.27. The van der Waals surface area contributed by atoms with Crippen LogP contribution in [-0.2, 0) is 17.8 Å². The Morgan fingerprint density at radius 3 is 2.96 bits per heavy atom. The van der Waals surface area contributed by atoms with Gasteiger partial charge in [-0.15, -0.1) is 0 Å². The van der Waals surface area contributed by atoms with Crippen LogP contribution in [0.5, 0.6) is 0 Å². The molecule has 1 aliphatic carbocycles. The zero-order valence-electron chi connectivity index (χ0n) is 14.2. The van der Waals surface area contributed by atoms with Crippen molar-refractivity contribution in [2.24, 2.45) is 5.92 Å². The molecule has 2 bridgehead atoms. The van der Waals surface area contributed by atoms with E-state index in [1.165, 1.54) is 47.8 Å². The van der Waals surface area contributed by atoms with E-state index < -0.39 is 0 Å². The SMILES string of the molecule is O=C(CC1CCCC1)N1CCc2nc(N3C[C@H]4C[C@@H]3CN4)sc2C1. The second-order valence-electron chi connectivity index (χ2n) is 7.93. The van der Waals surface area contributed by atoms with Gasteiger partial charge in [-0.2, -0.15) is 0 Å². The second kappa shape index (κ2) is 5.99. The molecule has 1 aromatic rings.